The van der Waals surface area contributed by atoms with Crippen LogP contribution < -0.4 is 0 Å². The summed E-state index contributed by atoms with van der Waals surface area (Å²) in [5, 5.41) is 19.5. The minimum atomic E-state index is -0.602. The van der Waals surface area contributed by atoms with E-state index in [0.717, 1.165) is 19.3 Å². The lowest BCUT2D eigenvalue weighted by Crippen LogP contribution is -2.33. The van der Waals surface area contributed by atoms with Crippen LogP contribution >= 0.6 is 0 Å². The van der Waals surface area contributed by atoms with Crippen molar-refractivity contribution in [1.29, 1.82) is 0 Å². The van der Waals surface area contributed by atoms with Gasteiger partial charge in [0.15, 0.2) is 0 Å². The van der Waals surface area contributed by atoms with Crippen LogP contribution in [0.4, 0.5) is 0 Å². The van der Waals surface area contributed by atoms with Crippen molar-refractivity contribution in [3.05, 3.63) is 0 Å². The molecular formula is C11H24O3. The van der Waals surface area contributed by atoms with Gasteiger partial charge < -0.3 is 14.9 Å². The van der Waals surface area contributed by atoms with Gasteiger partial charge in [-0.3, -0.25) is 0 Å². The second-order valence-corrected chi connectivity index (χ2v) is 3.77. The Morgan fingerprint density at radius 3 is 2.14 bits per heavy atom. The van der Waals surface area contributed by atoms with Crippen LogP contribution in [-0.2, 0) is 4.74 Å². The van der Waals surface area contributed by atoms with Crippen molar-refractivity contribution in [3.63, 3.8) is 0 Å². The van der Waals surface area contributed by atoms with Gasteiger partial charge in [-0.25, -0.2) is 0 Å². The van der Waals surface area contributed by atoms with Crippen molar-refractivity contribution >= 4 is 0 Å². The van der Waals surface area contributed by atoms with E-state index in [1.54, 1.807) is 7.11 Å². The van der Waals surface area contributed by atoms with Crippen LogP contribution in [0.2, 0.25) is 0 Å². The number of rotatable bonds is 8. The fraction of sp³-hybridized carbons (Fsp3) is 1.00. The van der Waals surface area contributed by atoms with Crippen LogP contribution in [0.15, 0.2) is 0 Å². The molecule has 3 heteroatoms. The molecule has 0 radical (unpaired) electrons. The maximum atomic E-state index is 9.79. The van der Waals surface area contributed by atoms with Crippen molar-refractivity contribution in [2.45, 2.75) is 51.7 Å². The third kappa shape index (κ3) is 4.94. The summed E-state index contributed by atoms with van der Waals surface area (Å²) in [6, 6.07) is 0. The number of ether oxygens (including phenoxy) is 1. The van der Waals surface area contributed by atoms with Crippen LogP contribution in [0.3, 0.4) is 0 Å². The standard InChI is InChI=1S/C11H24O3/c1-4-9(5-2)11(13)10(12)7-6-8-14-3/h9-13H,4-8H2,1-3H3. The van der Waals surface area contributed by atoms with Crippen LogP contribution in [0.1, 0.15) is 39.5 Å². The Kier molecular flexibility index (Phi) is 8.14. The summed E-state index contributed by atoms with van der Waals surface area (Å²) in [5.41, 5.74) is 0. The molecule has 2 N–H and O–H groups in total. The molecule has 0 aromatic heterocycles. The van der Waals surface area contributed by atoms with Gasteiger partial charge in [-0.05, 0) is 18.8 Å². The van der Waals surface area contributed by atoms with E-state index in [2.05, 4.69) is 0 Å². The van der Waals surface area contributed by atoms with Gasteiger partial charge in [0.05, 0.1) is 12.2 Å². The van der Waals surface area contributed by atoms with Crippen LogP contribution in [0.5, 0.6) is 0 Å². The molecule has 0 aliphatic carbocycles. The first-order chi connectivity index (χ1) is 6.67. The number of aliphatic hydroxyl groups excluding tert-OH is 2. The molecular weight excluding hydrogens is 180 g/mol. The molecule has 14 heavy (non-hydrogen) atoms. The molecule has 3 nitrogen and oxygen atoms in total. The summed E-state index contributed by atoms with van der Waals surface area (Å²) < 4.78 is 4.89. The maximum absolute atomic E-state index is 9.79. The third-order valence-electron chi connectivity index (χ3n) is 2.77. The van der Waals surface area contributed by atoms with Gasteiger partial charge in [-0.15, -0.1) is 0 Å². The van der Waals surface area contributed by atoms with Gasteiger partial charge in [0.1, 0.15) is 0 Å². The molecule has 0 fully saturated rings. The number of hydrogen-bond acceptors (Lipinski definition) is 3. The monoisotopic (exact) mass is 204 g/mol. The van der Waals surface area contributed by atoms with E-state index in [0.29, 0.717) is 13.0 Å². The lowest BCUT2D eigenvalue weighted by atomic mass is 9.91. The molecule has 0 aliphatic heterocycles. The van der Waals surface area contributed by atoms with E-state index in [1.807, 2.05) is 13.8 Å². The van der Waals surface area contributed by atoms with Crippen molar-refractivity contribution in [2.75, 3.05) is 13.7 Å². The number of hydrogen-bond donors (Lipinski definition) is 2. The molecule has 0 aliphatic rings. The molecule has 0 bridgehead atoms. The van der Waals surface area contributed by atoms with Gasteiger partial charge in [-0.2, -0.15) is 0 Å². The summed E-state index contributed by atoms with van der Waals surface area (Å²) in [6.07, 6.45) is 2.06. The van der Waals surface area contributed by atoms with E-state index in [4.69, 9.17) is 4.74 Å². The molecule has 0 spiro atoms. The predicted molar refractivity (Wildman–Crippen MR) is 57.2 cm³/mol. The maximum Gasteiger partial charge on any atom is 0.0826 e. The first-order valence-corrected chi connectivity index (χ1v) is 5.52. The van der Waals surface area contributed by atoms with Crippen molar-refractivity contribution < 1.29 is 14.9 Å². The number of methoxy groups -OCH3 is 1. The zero-order valence-electron chi connectivity index (χ0n) is 9.57. The highest BCUT2D eigenvalue weighted by atomic mass is 16.5. The molecule has 0 saturated carbocycles. The number of aliphatic hydroxyl groups is 2. The summed E-state index contributed by atoms with van der Waals surface area (Å²) in [5.74, 6) is 0.215. The minimum absolute atomic E-state index is 0.215. The Morgan fingerprint density at radius 2 is 1.71 bits per heavy atom. The highest BCUT2D eigenvalue weighted by molar-refractivity contribution is 4.74. The summed E-state index contributed by atoms with van der Waals surface area (Å²) in [4.78, 5) is 0. The molecule has 0 amide bonds. The second-order valence-electron chi connectivity index (χ2n) is 3.77. The van der Waals surface area contributed by atoms with E-state index >= 15 is 0 Å². The highest BCUT2D eigenvalue weighted by Gasteiger charge is 2.22. The zero-order valence-corrected chi connectivity index (χ0v) is 9.57. The van der Waals surface area contributed by atoms with E-state index < -0.39 is 12.2 Å². The van der Waals surface area contributed by atoms with Gasteiger partial charge in [-0.1, -0.05) is 26.7 Å². The Morgan fingerprint density at radius 1 is 1.14 bits per heavy atom. The van der Waals surface area contributed by atoms with E-state index in [9.17, 15) is 10.2 Å². The van der Waals surface area contributed by atoms with Gasteiger partial charge in [0.2, 0.25) is 0 Å². The quantitative estimate of drug-likeness (QED) is 0.590. The van der Waals surface area contributed by atoms with Crippen molar-refractivity contribution in [1.82, 2.24) is 0 Å². The predicted octanol–water partition coefficient (Wildman–Crippen LogP) is 1.57. The van der Waals surface area contributed by atoms with Gasteiger partial charge in [0, 0.05) is 13.7 Å². The summed E-state index contributed by atoms with van der Waals surface area (Å²) >= 11 is 0. The zero-order chi connectivity index (χ0) is 11.0. The van der Waals surface area contributed by atoms with E-state index in [-0.39, 0.29) is 5.92 Å². The molecule has 2 unspecified atom stereocenters. The van der Waals surface area contributed by atoms with E-state index in [1.165, 1.54) is 0 Å². The first kappa shape index (κ1) is 13.9. The largest absolute Gasteiger partial charge is 0.390 e. The van der Waals surface area contributed by atoms with Crippen LogP contribution in [-0.4, -0.2) is 36.1 Å². The van der Waals surface area contributed by atoms with Crippen LogP contribution in [0, 0.1) is 5.92 Å². The van der Waals surface area contributed by atoms with Crippen LogP contribution in [0.25, 0.3) is 0 Å². The fourth-order valence-electron chi connectivity index (χ4n) is 1.69. The molecule has 86 valence electrons. The Labute approximate surface area is 87.1 Å². The topological polar surface area (TPSA) is 49.7 Å². The molecule has 0 heterocycles. The average Bonchev–Trinajstić information content (AvgIpc) is 2.19. The minimum Gasteiger partial charge on any atom is -0.390 e. The first-order valence-electron chi connectivity index (χ1n) is 5.52. The molecule has 0 aromatic carbocycles. The van der Waals surface area contributed by atoms with Crippen molar-refractivity contribution in [2.24, 2.45) is 5.92 Å². The molecule has 0 saturated heterocycles. The molecule has 0 rings (SSSR count). The highest BCUT2D eigenvalue weighted by Crippen LogP contribution is 2.18. The summed E-state index contributed by atoms with van der Waals surface area (Å²) in [6.45, 7) is 4.73. The lowest BCUT2D eigenvalue weighted by molar-refractivity contribution is -0.0263. The van der Waals surface area contributed by atoms with Crippen molar-refractivity contribution in [3.8, 4) is 0 Å². The fourth-order valence-corrected chi connectivity index (χ4v) is 1.69. The third-order valence-corrected chi connectivity index (χ3v) is 2.77. The van der Waals surface area contributed by atoms with Gasteiger partial charge in [0.25, 0.3) is 0 Å². The normalized spacial score (nSPS) is 15.9. The average molecular weight is 204 g/mol. The Hall–Kier alpha value is -0.120. The second kappa shape index (κ2) is 8.21. The lowest BCUT2D eigenvalue weighted by Gasteiger charge is -2.24. The molecule has 0 aromatic rings. The molecule has 2 atom stereocenters. The SMILES string of the molecule is CCC(CC)C(O)C(O)CCCOC. The van der Waals surface area contributed by atoms with Gasteiger partial charge >= 0.3 is 0 Å². The Balaban J connectivity index is 3.78. The Bertz CT molecular complexity index is 124. The summed E-state index contributed by atoms with van der Waals surface area (Å²) in [7, 11) is 1.64. The smallest absolute Gasteiger partial charge is 0.0826 e.